The smallest absolute Gasteiger partial charge is 0.231 e. The summed E-state index contributed by atoms with van der Waals surface area (Å²) in [5, 5.41) is 0.546. The SMILES string of the molecule is COc1ccc(OC)c([C@@H]2C[C@H]2C(=O)N(C)c2ccc(Cl)cn2)c1. The van der Waals surface area contributed by atoms with Crippen molar-refractivity contribution in [2.75, 3.05) is 26.2 Å². The van der Waals surface area contributed by atoms with Crippen molar-refractivity contribution in [2.24, 2.45) is 5.92 Å². The predicted molar refractivity (Wildman–Crippen MR) is 93.1 cm³/mol. The van der Waals surface area contributed by atoms with E-state index in [2.05, 4.69) is 4.98 Å². The third-order valence-corrected chi connectivity index (χ3v) is 4.55. The molecule has 0 unspecified atom stereocenters. The first-order valence-corrected chi connectivity index (χ1v) is 8.04. The molecule has 24 heavy (non-hydrogen) atoms. The topological polar surface area (TPSA) is 51.7 Å². The van der Waals surface area contributed by atoms with E-state index in [-0.39, 0.29) is 17.7 Å². The molecule has 2 atom stereocenters. The molecule has 1 fully saturated rings. The molecule has 1 saturated carbocycles. The molecule has 0 saturated heterocycles. The van der Waals surface area contributed by atoms with Gasteiger partial charge in [-0.1, -0.05) is 11.6 Å². The molecule has 2 aromatic rings. The summed E-state index contributed by atoms with van der Waals surface area (Å²) in [5.41, 5.74) is 1.01. The Hall–Kier alpha value is -2.27. The van der Waals surface area contributed by atoms with Crippen molar-refractivity contribution in [3.05, 3.63) is 47.1 Å². The number of anilines is 1. The van der Waals surface area contributed by atoms with E-state index >= 15 is 0 Å². The number of hydrogen-bond acceptors (Lipinski definition) is 4. The molecule has 0 aliphatic heterocycles. The number of nitrogens with zero attached hydrogens (tertiary/aromatic N) is 2. The molecule has 1 aromatic heterocycles. The van der Waals surface area contributed by atoms with E-state index in [0.717, 1.165) is 23.5 Å². The van der Waals surface area contributed by atoms with Crippen LogP contribution < -0.4 is 14.4 Å². The van der Waals surface area contributed by atoms with E-state index in [1.807, 2.05) is 18.2 Å². The molecule has 0 radical (unpaired) electrons. The summed E-state index contributed by atoms with van der Waals surface area (Å²) in [7, 11) is 4.99. The van der Waals surface area contributed by atoms with Gasteiger partial charge in [0, 0.05) is 30.6 Å². The summed E-state index contributed by atoms with van der Waals surface area (Å²) in [6.45, 7) is 0. The normalized spacial score (nSPS) is 18.8. The van der Waals surface area contributed by atoms with Gasteiger partial charge in [0.25, 0.3) is 0 Å². The van der Waals surface area contributed by atoms with Crippen LogP contribution >= 0.6 is 11.6 Å². The van der Waals surface area contributed by atoms with Crippen LogP contribution in [0.3, 0.4) is 0 Å². The lowest BCUT2D eigenvalue weighted by molar-refractivity contribution is -0.119. The summed E-state index contributed by atoms with van der Waals surface area (Å²) >= 11 is 5.84. The van der Waals surface area contributed by atoms with E-state index < -0.39 is 0 Å². The maximum Gasteiger partial charge on any atom is 0.231 e. The fourth-order valence-corrected chi connectivity index (χ4v) is 2.98. The van der Waals surface area contributed by atoms with Crippen molar-refractivity contribution in [3.63, 3.8) is 0 Å². The largest absolute Gasteiger partial charge is 0.497 e. The number of pyridine rings is 1. The second-order valence-electron chi connectivity index (χ2n) is 5.79. The standard InChI is InChI=1S/C18H19ClN2O3/c1-21(17-7-4-11(19)10-20-17)18(22)15-9-13(15)14-8-12(23-2)5-6-16(14)24-3/h4-8,10,13,15H,9H2,1-3H3/t13-,15+/m0/s1. The van der Waals surface area contributed by atoms with Gasteiger partial charge in [-0.3, -0.25) is 9.69 Å². The van der Waals surface area contributed by atoms with Crippen LogP contribution in [-0.2, 0) is 4.79 Å². The Labute approximate surface area is 146 Å². The third kappa shape index (κ3) is 3.17. The number of carbonyl (C=O) groups is 1. The highest BCUT2D eigenvalue weighted by Gasteiger charge is 2.47. The van der Waals surface area contributed by atoms with E-state index in [9.17, 15) is 4.79 Å². The number of halogens is 1. The third-order valence-electron chi connectivity index (χ3n) is 4.33. The van der Waals surface area contributed by atoms with Crippen molar-refractivity contribution in [1.82, 2.24) is 4.98 Å². The molecular weight excluding hydrogens is 328 g/mol. The zero-order valence-corrected chi connectivity index (χ0v) is 14.6. The number of hydrogen-bond donors (Lipinski definition) is 0. The van der Waals surface area contributed by atoms with Crippen molar-refractivity contribution in [1.29, 1.82) is 0 Å². The number of carbonyl (C=O) groups excluding carboxylic acids is 1. The van der Waals surface area contributed by atoms with E-state index in [0.29, 0.717) is 10.8 Å². The van der Waals surface area contributed by atoms with E-state index in [1.54, 1.807) is 38.3 Å². The van der Waals surface area contributed by atoms with Crippen LogP contribution in [0.1, 0.15) is 17.9 Å². The highest BCUT2D eigenvalue weighted by molar-refractivity contribution is 6.30. The van der Waals surface area contributed by atoms with Crippen LogP contribution in [0, 0.1) is 5.92 Å². The number of aromatic nitrogens is 1. The molecule has 1 amide bonds. The van der Waals surface area contributed by atoms with Gasteiger partial charge in [-0.25, -0.2) is 4.98 Å². The van der Waals surface area contributed by atoms with Crippen molar-refractivity contribution in [3.8, 4) is 11.5 Å². The van der Waals surface area contributed by atoms with Gasteiger partial charge in [0.2, 0.25) is 5.91 Å². The monoisotopic (exact) mass is 346 g/mol. The van der Waals surface area contributed by atoms with Gasteiger partial charge in [0.05, 0.1) is 19.2 Å². The van der Waals surface area contributed by atoms with Gasteiger partial charge in [0.1, 0.15) is 17.3 Å². The average molecular weight is 347 g/mol. The Morgan fingerprint density at radius 3 is 2.67 bits per heavy atom. The van der Waals surface area contributed by atoms with Crippen molar-refractivity contribution in [2.45, 2.75) is 12.3 Å². The van der Waals surface area contributed by atoms with E-state index in [1.165, 1.54) is 6.20 Å². The first-order chi connectivity index (χ1) is 11.5. The van der Waals surface area contributed by atoms with Gasteiger partial charge in [-0.2, -0.15) is 0 Å². The minimum atomic E-state index is -0.0755. The van der Waals surface area contributed by atoms with Crippen LogP contribution in [0.15, 0.2) is 36.5 Å². The van der Waals surface area contributed by atoms with Gasteiger partial charge in [-0.15, -0.1) is 0 Å². The van der Waals surface area contributed by atoms with Crippen LogP contribution in [0.5, 0.6) is 11.5 Å². The number of amides is 1. The van der Waals surface area contributed by atoms with Crippen molar-refractivity contribution >= 4 is 23.3 Å². The lowest BCUT2D eigenvalue weighted by Crippen LogP contribution is -2.28. The lowest BCUT2D eigenvalue weighted by Gasteiger charge is -2.16. The van der Waals surface area contributed by atoms with Crippen LogP contribution in [0.4, 0.5) is 5.82 Å². The summed E-state index contributed by atoms with van der Waals surface area (Å²) in [6, 6.07) is 9.13. The Kier molecular flexibility index (Phi) is 4.62. The van der Waals surface area contributed by atoms with Crippen molar-refractivity contribution < 1.29 is 14.3 Å². The van der Waals surface area contributed by atoms with Crippen LogP contribution in [0.2, 0.25) is 5.02 Å². The molecule has 1 aromatic carbocycles. The van der Waals surface area contributed by atoms with Gasteiger partial charge in [0.15, 0.2) is 0 Å². The Morgan fingerprint density at radius 1 is 1.25 bits per heavy atom. The second-order valence-corrected chi connectivity index (χ2v) is 6.22. The summed E-state index contributed by atoms with van der Waals surface area (Å²) in [4.78, 5) is 18.5. The molecule has 5 nitrogen and oxygen atoms in total. The highest BCUT2D eigenvalue weighted by atomic mass is 35.5. The zero-order valence-electron chi connectivity index (χ0n) is 13.8. The molecule has 0 bridgehead atoms. The lowest BCUT2D eigenvalue weighted by atomic mass is 10.1. The maximum atomic E-state index is 12.7. The number of methoxy groups -OCH3 is 2. The molecule has 6 heteroatoms. The number of ether oxygens (including phenoxy) is 2. The first-order valence-electron chi connectivity index (χ1n) is 7.66. The zero-order chi connectivity index (χ0) is 17.3. The van der Waals surface area contributed by atoms with Gasteiger partial charge < -0.3 is 9.47 Å². The quantitative estimate of drug-likeness (QED) is 0.831. The Balaban J connectivity index is 1.77. The van der Waals surface area contributed by atoms with Gasteiger partial charge >= 0.3 is 0 Å². The summed E-state index contributed by atoms with van der Waals surface area (Å²) in [5.74, 6) is 2.23. The summed E-state index contributed by atoms with van der Waals surface area (Å²) in [6.07, 6.45) is 2.33. The Bertz CT molecular complexity index is 748. The molecule has 1 aliphatic rings. The van der Waals surface area contributed by atoms with Crippen LogP contribution in [-0.4, -0.2) is 32.2 Å². The molecular formula is C18H19ClN2O3. The molecule has 0 N–H and O–H groups in total. The molecule has 0 spiro atoms. The minimum Gasteiger partial charge on any atom is -0.497 e. The molecule has 3 rings (SSSR count). The Morgan fingerprint density at radius 2 is 2.04 bits per heavy atom. The first kappa shape index (κ1) is 16.6. The second kappa shape index (κ2) is 6.69. The molecule has 126 valence electrons. The average Bonchev–Trinajstić information content (AvgIpc) is 3.41. The van der Waals surface area contributed by atoms with E-state index in [4.69, 9.17) is 21.1 Å². The number of benzene rings is 1. The molecule has 1 heterocycles. The van der Waals surface area contributed by atoms with Crippen LogP contribution in [0.25, 0.3) is 0 Å². The van der Waals surface area contributed by atoms with Gasteiger partial charge in [-0.05, 0) is 36.8 Å². The fraction of sp³-hybridized carbons (Fsp3) is 0.333. The summed E-state index contributed by atoms with van der Waals surface area (Å²) < 4.78 is 10.7. The highest BCUT2D eigenvalue weighted by Crippen LogP contribution is 2.52. The number of rotatable bonds is 5. The maximum absolute atomic E-state index is 12.7. The minimum absolute atomic E-state index is 0.0414. The predicted octanol–water partition coefficient (Wildman–Crippen LogP) is 3.52. The molecule has 1 aliphatic carbocycles. The fourth-order valence-electron chi connectivity index (χ4n) is 2.87.